The third kappa shape index (κ3) is 3.39. The molecule has 0 saturated carbocycles. The van der Waals surface area contributed by atoms with Crippen molar-refractivity contribution in [1.29, 1.82) is 0 Å². The molecule has 0 aliphatic heterocycles. The summed E-state index contributed by atoms with van der Waals surface area (Å²) in [6.07, 6.45) is 0. The van der Waals surface area contributed by atoms with E-state index in [-0.39, 0.29) is 5.69 Å². The minimum Gasteiger partial charge on any atom is -0.368 e. The Morgan fingerprint density at radius 2 is 1.83 bits per heavy atom. The predicted octanol–water partition coefficient (Wildman–Crippen LogP) is 1.19. The van der Waals surface area contributed by atoms with Crippen molar-refractivity contribution in [2.75, 3.05) is 0 Å². The molecule has 122 valence electrons. The van der Waals surface area contributed by atoms with Gasteiger partial charge in [-0.25, -0.2) is 0 Å². The van der Waals surface area contributed by atoms with Crippen LogP contribution in [0.4, 0.5) is 0 Å². The van der Waals surface area contributed by atoms with Gasteiger partial charge in [-0.05, 0) is 46.2 Å². The lowest BCUT2D eigenvalue weighted by atomic mass is 10.0. The largest absolute Gasteiger partial charge is 0.368 e. The smallest absolute Gasteiger partial charge is 0.274 e. The highest BCUT2D eigenvalue weighted by molar-refractivity contribution is 5.97. The maximum absolute atomic E-state index is 12.3. The van der Waals surface area contributed by atoms with Gasteiger partial charge in [0.15, 0.2) is 5.69 Å². The number of aryl methyl sites for hydroxylation is 3. The number of carbonyl (C=O) groups is 2. The van der Waals surface area contributed by atoms with Gasteiger partial charge < -0.3 is 11.1 Å². The average molecular weight is 315 g/mol. The number of nitrogens with zero attached hydrogens (tertiary/aromatic N) is 3. The lowest BCUT2D eigenvalue weighted by Crippen LogP contribution is -2.53. The molecule has 3 N–H and O–H groups in total. The fraction of sp³-hybridized carbons (Fsp3) is 0.375. The third-order valence-corrected chi connectivity index (χ3v) is 3.61. The summed E-state index contributed by atoms with van der Waals surface area (Å²) in [6, 6.07) is 5.88. The van der Waals surface area contributed by atoms with Crippen molar-refractivity contribution in [1.82, 2.24) is 20.3 Å². The molecule has 0 spiro atoms. The van der Waals surface area contributed by atoms with Crippen molar-refractivity contribution < 1.29 is 9.59 Å². The summed E-state index contributed by atoms with van der Waals surface area (Å²) >= 11 is 0. The maximum Gasteiger partial charge on any atom is 0.274 e. The molecule has 2 rings (SSSR count). The molecule has 0 aliphatic carbocycles. The van der Waals surface area contributed by atoms with Crippen LogP contribution in [0, 0.1) is 20.8 Å². The molecule has 7 heteroatoms. The first kappa shape index (κ1) is 16.7. The molecule has 1 aromatic heterocycles. The molecule has 0 saturated heterocycles. The van der Waals surface area contributed by atoms with Crippen LogP contribution in [0.1, 0.15) is 41.2 Å². The first-order valence-corrected chi connectivity index (χ1v) is 7.26. The van der Waals surface area contributed by atoms with Gasteiger partial charge in [0, 0.05) is 0 Å². The van der Waals surface area contributed by atoms with Crippen LogP contribution in [0.5, 0.6) is 0 Å². The Bertz CT molecular complexity index is 777. The summed E-state index contributed by atoms with van der Waals surface area (Å²) in [7, 11) is 0. The molecule has 2 aromatic rings. The summed E-state index contributed by atoms with van der Waals surface area (Å²) in [5, 5.41) is 11.1. The normalized spacial score (nSPS) is 11.3. The minimum atomic E-state index is -1.16. The van der Waals surface area contributed by atoms with Crippen molar-refractivity contribution in [2.45, 2.75) is 40.2 Å². The van der Waals surface area contributed by atoms with Crippen LogP contribution >= 0.6 is 0 Å². The van der Waals surface area contributed by atoms with Crippen LogP contribution in [0.25, 0.3) is 5.69 Å². The van der Waals surface area contributed by atoms with Crippen molar-refractivity contribution in [3.8, 4) is 5.69 Å². The zero-order valence-electron chi connectivity index (χ0n) is 14.0. The second-order valence-electron chi connectivity index (χ2n) is 6.16. The van der Waals surface area contributed by atoms with E-state index in [1.165, 1.54) is 18.6 Å². The lowest BCUT2D eigenvalue weighted by Gasteiger charge is -2.21. The van der Waals surface area contributed by atoms with Crippen molar-refractivity contribution in [3.63, 3.8) is 0 Å². The first-order chi connectivity index (χ1) is 10.6. The zero-order chi connectivity index (χ0) is 17.4. The molecule has 0 bridgehead atoms. The van der Waals surface area contributed by atoms with E-state index in [1.54, 1.807) is 6.92 Å². The van der Waals surface area contributed by atoms with E-state index in [9.17, 15) is 9.59 Å². The number of nitrogens with one attached hydrogen (secondary N) is 1. The van der Waals surface area contributed by atoms with Crippen LogP contribution < -0.4 is 11.1 Å². The lowest BCUT2D eigenvalue weighted by molar-refractivity contribution is -0.122. The number of amides is 2. The molecule has 23 heavy (non-hydrogen) atoms. The molecular weight excluding hydrogens is 294 g/mol. The summed E-state index contributed by atoms with van der Waals surface area (Å²) in [5.74, 6) is -1.10. The van der Waals surface area contributed by atoms with Crippen LogP contribution in [0.3, 0.4) is 0 Å². The van der Waals surface area contributed by atoms with Gasteiger partial charge in [0.2, 0.25) is 5.91 Å². The molecule has 0 fully saturated rings. The Hall–Kier alpha value is -2.70. The number of hydrogen-bond donors (Lipinski definition) is 2. The van der Waals surface area contributed by atoms with Gasteiger partial charge in [0.1, 0.15) is 5.54 Å². The number of primary amides is 1. The molecule has 1 aromatic carbocycles. The average Bonchev–Trinajstić information content (AvgIpc) is 2.80. The molecule has 0 radical (unpaired) electrons. The number of nitrogens with two attached hydrogens (primary N) is 1. The summed E-state index contributed by atoms with van der Waals surface area (Å²) in [5.41, 5.74) is 7.69. The topological polar surface area (TPSA) is 103 Å². The van der Waals surface area contributed by atoms with Gasteiger partial charge >= 0.3 is 0 Å². The third-order valence-electron chi connectivity index (χ3n) is 3.61. The number of hydrogen-bond acceptors (Lipinski definition) is 4. The molecular formula is C16H21N5O2. The molecule has 0 aliphatic rings. The Labute approximate surface area is 134 Å². The van der Waals surface area contributed by atoms with Crippen molar-refractivity contribution in [3.05, 3.63) is 40.7 Å². The van der Waals surface area contributed by atoms with Gasteiger partial charge in [-0.3, -0.25) is 9.59 Å². The fourth-order valence-corrected chi connectivity index (χ4v) is 2.13. The zero-order valence-corrected chi connectivity index (χ0v) is 14.0. The predicted molar refractivity (Wildman–Crippen MR) is 86.3 cm³/mol. The Morgan fingerprint density at radius 1 is 1.17 bits per heavy atom. The number of rotatable bonds is 4. The molecule has 7 nitrogen and oxygen atoms in total. The SMILES string of the molecule is Cc1ccc(-n2nc(C)c(C(=O)NC(C)(C)C(N)=O)n2)c(C)c1. The van der Waals surface area contributed by atoms with Crippen LogP contribution in [-0.4, -0.2) is 32.3 Å². The second kappa shape index (κ2) is 5.83. The molecule has 0 unspecified atom stereocenters. The monoisotopic (exact) mass is 315 g/mol. The standard InChI is InChI=1S/C16H21N5O2/c1-9-6-7-12(10(2)8-9)21-19-11(3)13(20-21)14(22)18-16(4,5)15(17)23/h6-8H,1-5H3,(H2,17,23)(H,18,22). The van der Waals surface area contributed by atoms with E-state index in [0.717, 1.165) is 16.8 Å². The first-order valence-electron chi connectivity index (χ1n) is 7.26. The van der Waals surface area contributed by atoms with Gasteiger partial charge in [-0.1, -0.05) is 17.7 Å². The summed E-state index contributed by atoms with van der Waals surface area (Å²) < 4.78 is 0. The van der Waals surface area contributed by atoms with Gasteiger partial charge in [0.05, 0.1) is 11.4 Å². The quantitative estimate of drug-likeness (QED) is 0.884. The van der Waals surface area contributed by atoms with Crippen molar-refractivity contribution in [2.24, 2.45) is 5.73 Å². The number of benzene rings is 1. The molecule has 1 heterocycles. The van der Waals surface area contributed by atoms with Crippen LogP contribution in [0.15, 0.2) is 18.2 Å². The van der Waals surface area contributed by atoms with E-state index in [4.69, 9.17) is 5.73 Å². The number of carbonyl (C=O) groups excluding carboxylic acids is 2. The second-order valence-corrected chi connectivity index (χ2v) is 6.16. The van der Waals surface area contributed by atoms with E-state index in [2.05, 4.69) is 15.5 Å². The highest BCUT2D eigenvalue weighted by atomic mass is 16.2. The van der Waals surface area contributed by atoms with E-state index >= 15 is 0 Å². The Balaban J connectivity index is 2.35. The van der Waals surface area contributed by atoms with Gasteiger partial charge in [-0.2, -0.15) is 9.90 Å². The molecule has 2 amide bonds. The van der Waals surface area contributed by atoms with Crippen LogP contribution in [-0.2, 0) is 4.79 Å². The Kier molecular flexibility index (Phi) is 4.22. The molecule has 0 atom stereocenters. The van der Waals surface area contributed by atoms with Gasteiger partial charge in [-0.15, -0.1) is 5.10 Å². The fourth-order valence-electron chi connectivity index (χ4n) is 2.13. The maximum atomic E-state index is 12.3. The minimum absolute atomic E-state index is 0.166. The van der Waals surface area contributed by atoms with Crippen molar-refractivity contribution >= 4 is 11.8 Å². The number of aromatic nitrogens is 3. The highest BCUT2D eigenvalue weighted by Crippen LogP contribution is 2.15. The van der Waals surface area contributed by atoms with E-state index in [1.807, 2.05) is 32.0 Å². The van der Waals surface area contributed by atoms with Gasteiger partial charge in [0.25, 0.3) is 5.91 Å². The van der Waals surface area contributed by atoms with E-state index in [0.29, 0.717) is 5.69 Å². The van der Waals surface area contributed by atoms with E-state index < -0.39 is 17.4 Å². The Morgan fingerprint density at radius 3 is 2.39 bits per heavy atom. The summed E-state index contributed by atoms with van der Waals surface area (Å²) in [6.45, 7) is 8.73. The highest BCUT2D eigenvalue weighted by Gasteiger charge is 2.29. The van der Waals surface area contributed by atoms with Crippen LogP contribution in [0.2, 0.25) is 0 Å². The summed E-state index contributed by atoms with van der Waals surface area (Å²) in [4.78, 5) is 25.1.